The molecule has 1 aromatic carbocycles. The summed E-state index contributed by atoms with van der Waals surface area (Å²) in [5.74, 6) is -0.0231. The van der Waals surface area contributed by atoms with Crippen molar-refractivity contribution in [3.05, 3.63) is 39.2 Å². The van der Waals surface area contributed by atoms with Crippen LogP contribution in [0.5, 0.6) is 5.88 Å². The van der Waals surface area contributed by atoms with Gasteiger partial charge in [-0.05, 0) is 37.5 Å². The lowest BCUT2D eigenvalue weighted by Gasteiger charge is -2.09. The Balaban J connectivity index is 2.82. The van der Waals surface area contributed by atoms with Crippen LogP contribution in [0.2, 0.25) is 0 Å². The zero-order valence-corrected chi connectivity index (χ0v) is 10.5. The van der Waals surface area contributed by atoms with Gasteiger partial charge in [-0.2, -0.15) is 0 Å². The number of aromatic nitrogens is 2. The minimum absolute atomic E-state index is 0.0231. The van der Waals surface area contributed by atoms with Crippen molar-refractivity contribution in [2.24, 2.45) is 7.05 Å². The van der Waals surface area contributed by atoms with Gasteiger partial charge in [-0.1, -0.05) is 17.7 Å². The molecular weight excluding hydrogens is 216 g/mol. The molecule has 0 amide bonds. The van der Waals surface area contributed by atoms with E-state index in [0.29, 0.717) is 5.56 Å². The van der Waals surface area contributed by atoms with Gasteiger partial charge < -0.3 is 5.11 Å². The van der Waals surface area contributed by atoms with E-state index in [1.807, 2.05) is 32.9 Å². The summed E-state index contributed by atoms with van der Waals surface area (Å²) >= 11 is 0. The van der Waals surface area contributed by atoms with Crippen LogP contribution < -0.4 is 5.56 Å². The van der Waals surface area contributed by atoms with Crippen molar-refractivity contribution in [3.63, 3.8) is 0 Å². The molecule has 0 aliphatic heterocycles. The third-order valence-electron chi connectivity index (χ3n) is 2.96. The highest BCUT2D eigenvalue weighted by molar-refractivity contribution is 5.74. The number of aromatic hydroxyl groups is 1. The van der Waals surface area contributed by atoms with Gasteiger partial charge in [0.15, 0.2) is 0 Å². The van der Waals surface area contributed by atoms with Crippen LogP contribution in [0.15, 0.2) is 16.9 Å². The predicted molar refractivity (Wildman–Crippen MR) is 67.3 cm³/mol. The molecule has 0 unspecified atom stereocenters. The van der Waals surface area contributed by atoms with E-state index >= 15 is 0 Å². The molecule has 1 aromatic heterocycles. The van der Waals surface area contributed by atoms with Gasteiger partial charge in [0, 0.05) is 7.05 Å². The first-order chi connectivity index (χ1) is 7.91. The second-order valence-electron chi connectivity index (χ2n) is 4.47. The van der Waals surface area contributed by atoms with Gasteiger partial charge in [-0.3, -0.25) is 14.6 Å². The van der Waals surface area contributed by atoms with Crippen LogP contribution in [0.25, 0.3) is 11.1 Å². The Morgan fingerprint density at radius 2 is 1.65 bits per heavy atom. The van der Waals surface area contributed by atoms with Crippen LogP contribution in [-0.2, 0) is 7.05 Å². The maximum absolute atomic E-state index is 11.8. The Hall–Kier alpha value is -1.97. The monoisotopic (exact) mass is 232 g/mol. The lowest BCUT2D eigenvalue weighted by molar-refractivity contribution is 0.420. The van der Waals surface area contributed by atoms with Gasteiger partial charge >= 0.3 is 0 Å². The fraction of sp³-hybridized carbons (Fsp3) is 0.308. The van der Waals surface area contributed by atoms with E-state index in [-0.39, 0.29) is 11.4 Å². The SMILES string of the molecule is Cc1cc(C)c(-c2c(O)n(C)[nH]c2=O)c(C)c1. The first-order valence-corrected chi connectivity index (χ1v) is 5.48. The molecule has 4 heteroatoms. The molecule has 0 saturated carbocycles. The Morgan fingerprint density at radius 1 is 1.12 bits per heavy atom. The first kappa shape index (κ1) is 11.5. The maximum Gasteiger partial charge on any atom is 0.275 e. The highest BCUT2D eigenvalue weighted by Crippen LogP contribution is 2.31. The number of aromatic amines is 1. The van der Waals surface area contributed by atoms with Crippen LogP contribution in [0, 0.1) is 20.8 Å². The van der Waals surface area contributed by atoms with Gasteiger partial charge in [-0.15, -0.1) is 0 Å². The Morgan fingerprint density at radius 3 is 2.06 bits per heavy atom. The maximum atomic E-state index is 11.8. The molecule has 0 spiro atoms. The minimum Gasteiger partial charge on any atom is -0.493 e. The van der Waals surface area contributed by atoms with E-state index in [0.717, 1.165) is 22.3 Å². The van der Waals surface area contributed by atoms with Gasteiger partial charge in [0.25, 0.3) is 5.56 Å². The smallest absolute Gasteiger partial charge is 0.275 e. The van der Waals surface area contributed by atoms with E-state index in [1.165, 1.54) is 4.68 Å². The Kier molecular flexibility index (Phi) is 2.58. The molecule has 2 aromatic rings. The number of aryl methyl sites for hydroxylation is 4. The summed E-state index contributed by atoms with van der Waals surface area (Å²) in [5.41, 5.74) is 4.04. The average Bonchev–Trinajstić information content (AvgIpc) is 2.43. The number of nitrogens with zero attached hydrogens (tertiary/aromatic N) is 1. The Labute approximate surface area is 99.5 Å². The molecule has 0 radical (unpaired) electrons. The van der Waals surface area contributed by atoms with Crippen molar-refractivity contribution in [1.29, 1.82) is 0 Å². The Bertz CT molecular complexity index is 612. The minimum atomic E-state index is -0.264. The fourth-order valence-corrected chi connectivity index (χ4v) is 2.33. The van der Waals surface area contributed by atoms with Crippen molar-refractivity contribution < 1.29 is 5.11 Å². The number of nitrogens with one attached hydrogen (secondary N) is 1. The predicted octanol–water partition coefficient (Wildman–Crippen LogP) is 2.01. The van der Waals surface area contributed by atoms with E-state index < -0.39 is 0 Å². The summed E-state index contributed by atoms with van der Waals surface area (Å²) < 4.78 is 1.33. The molecule has 0 bridgehead atoms. The van der Waals surface area contributed by atoms with E-state index in [4.69, 9.17) is 0 Å². The lowest BCUT2D eigenvalue weighted by atomic mass is 9.95. The zero-order chi connectivity index (χ0) is 12.7. The molecule has 17 heavy (non-hydrogen) atoms. The molecule has 2 rings (SSSR count). The number of H-pyrrole nitrogens is 1. The number of hydrogen-bond acceptors (Lipinski definition) is 2. The van der Waals surface area contributed by atoms with Crippen molar-refractivity contribution in [2.75, 3.05) is 0 Å². The normalized spacial score (nSPS) is 10.8. The van der Waals surface area contributed by atoms with Crippen LogP contribution >= 0.6 is 0 Å². The van der Waals surface area contributed by atoms with Gasteiger partial charge in [0.2, 0.25) is 5.88 Å². The topological polar surface area (TPSA) is 58.0 Å². The zero-order valence-electron chi connectivity index (χ0n) is 10.5. The van der Waals surface area contributed by atoms with E-state index in [1.54, 1.807) is 7.05 Å². The molecule has 0 atom stereocenters. The van der Waals surface area contributed by atoms with Gasteiger partial charge in [0.1, 0.15) is 5.56 Å². The summed E-state index contributed by atoms with van der Waals surface area (Å²) in [6, 6.07) is 4.02. The third kappa shape index (κ3) is 1.75. The van der Waals surface area contributed by atoms with Crippen molar-refractivity contribution in [1.82, 2.24) is 9.78 Å². The van der Waals surface area contributed by atoms with Crippen molar-refractivity contribution >= 4 is 0 Å². The van der Waals surface area contributed by atoms with Gasteiger partial charge in [0.05, 0.1) is 0 Å². The standard InChI is InChI=1S/C13H16N2O2/c1-7-5-8(2)10(9(3)6-7)11-12(16)14-15(4)13(11)17/h5-6,17H,1-4H3,(H,14,16). The number of hydrogen-bond donors (Lipinski definition) is 2. The van der Waals surface area contributed by atoms with E-state index in [9.17, 15) is 9.90 Å². The number of rotatable bonds is 1. The molecule has 0 fully saturated rings. The lowest BCUT2D eigenvalue weighted by Crippen LogP contribution is -2.05. The molecule has 4 nitrogen and oxygen atoms in total. The third-order valence-corrected chi connectivity index (χ3v) is 2.96. The summed E-state index contributed by atoms with van der Waals surface area (Å²) in [7, 11) is 1.61. The van der Waals surface area contributed by atoms with Crippen LogP contribution in [-0.4, -0.2) is 14.9 Å². The number of benzene rings is 1. The van der Waals surface area contributed by atoms with Crippen molar-refractivity contribution in [2.45, 2.75) is 20.8 Å². The largest absolute Gasteiger partial charge is 0.493 e. The fourth-order valence-electron chi connectivity index (χ4n) is 2.33. The van der Waals surface area contributed by atoms with Crippen LogP contribution in [0.1, 0.15) is 16.7 Å². The summed E-state index contributed by atoms with van der Waals surface area (Å²) in [4.78, 5) is 11.8. The molecule has 0 aliphatic carbocycles. The summed E-state index contributed by atoms with van der Waals surface area (Å²) in [6.07, 6.45) is 0. The van der Waals surface area contributed by atoms with Crippen LogP contribution in [0.4, 0.5) is 0 Å². The second kappa shape index (κ2) is 3.80. The molecule has 0 saturated heterocycles. The average molecular weight is 232 g/mol. The molecule has 0 aliphatic rings. The van der Waals surface area contributed by atoms with E-state index in [2.05, 4.69) is 5.10 Å². The molecule has 90 valence electrons. The molecular formula is C13H16N2O2. The summed E-state index contributed by atoms with van der Waals surface area (Å²) in [6.45, 7) is 5.90. The quantitative estimate of drug-likeness (QED) is 0.790. The second-order valence-corrected chi connectivity index (χ2v) is 4.47. The molecule has 1 heterocycles. The first-order valence-electron chi connectivity index (χ1n) is 5.48. The van der Waals surface area contributed by atoms with Gasteiger partial charge in [-0.25, -0.2) is 0 Å². The van der Waals surface area contributed by atoms with Crippen molar-refractivity contribution in [3.8, 4) is 17.0 Å². The summed E-state index contributed by atoms with van der Waals surface area (Å²) in [5, 5.41) is 12.5. The van der Waals surface area contributed by atoms with Crippen LogP contribution in [0.3, 0.4) is 0 Å². The molecule has 2 N–H and O–H groups in total. The highest BCUT2D eigenvalue weighted by atomic mass is 16.3. The highest BCUT2D eigenvalue weighted by Gasteiger charge is 2.18.